The van der Waals surface area contributed by atoms with E-state index >= 15 is 0 Å². The van der Waals surface area contributed by atoms with Crippen LogP contribution in [-0.4, -0.2) is 10.2 Å². The molecule has 0 atom stereocenters. The van der Waals surface area contributed by atoms with Crippen LogP contribution in [0.3, 0.4) is 0 Å². The summed E-state index contributed by atoms with van der Waals surface area (Å²) in [7, 11) is 0. The normalized spacial score (nSPS) is 16.9. The van der Waals surface area contributed by atoms with E-state index in [0.717, 1.165) is 16.6 Å². The van der Waals surface area contributed by atoms with Gasteiger partial charge in [-0.25, -0.2) is 0 Å². The SMILES string of the molecule is O=c1cc(CSC2CCC2)cc[nH]1. The smallest absolute Gasteiger partial charge is 0.248 e. The van der Waals surface area contributed by atoms with Crippen LogP contribution in [-0.2, 0) is 5.75 Å². The monoisotopic (exact) mass is 195 g/mol. The predicted molar refractivity (Wildman–Crippen MR) is 56.0 cm³/mol. The maximum Gasteiger partial charge on any atom is 0.248 e. The molecule has 1 aromatic heterocycles. The lowest BCUT2D eigenvalue weighted by atomic mass is 10.0. The molecule has 1 fully saturated rings. The molecule has 13 heavy (non-hydrogen) atoms. The second-order valence-corrected chi connectivity index (χ2v) is 4.71. The number of aromatic nitrogens is 1. The van der Waals surface area contributed by atoms with Gasteiger partial charge in [-0.1, -0.05) is 6.42 Å². The minimum Gasteiger partial charge on any atom is -0.329 e. The van der Waals surface area contributed by atoms with Gasteiger partial charge in [-0.3, -0.25) is 4.79 Å². The Bertz CT molecular complexity index is 330. The molecule has 0 aliphatic heterocycles. The molecular formula is C10H13NOS. The van der Waals surface area contributed by atoms with Crippen LogP contribution in [0.5, 0.6) is 0 Å². The van der Waals surface area contributed by atoms with E-state index in [0.29, 0.717) is 0 Å². The van der Waals surface area contributed by atoms with Crippen molar-refractivity contribution in [1.29, 1.82) is 0 Å². The predicted octanol–water partition coefficient (Wildman–Crippen LogP) is 2.16. The Morgan fingerprint density at radius 3 is 3.00 bits per heavy atom. The number of pyridine rings is 1. The number of thioether (sulfide) groups is 1. The van der Waals surface area contributed by atoms with Crippen molar-refractivity contribution >= 4 is 11.8 Å². The van der Waals surface area contributed by atoms with E-state index in [-0.39, 0.29) is 5.56 Å². The Balaban J connectivity index is 1.89. The van der Waals surface area contributed by atoms with Gasteiger partial charge in [0.1, 0.15) is 0 Å². The van der Waals surface area contributed by atoms with Crippen molar-refractivity contribution in [2.24, 2.45) is 0 Å². The first-order chi connectivity index (χ1) is 6.34. The number of hydrogen-bond acceptors (Lipinski definition) is 2. The highest BCUT2D eigenvalue weighted by Gasteiger charge is 2.17. The molecule has 1 aliphatic carbocycles. The lowest BCUT2D eigenvalue weighted by Crippen LogP contribution is -2.13. The van der Waals surface area contributed by atoms with E-state index in [4.69, 9.17) is 0 Å². The maximum absolute atomic E-state index is 11.0. The van der Waals surface area contributed by atoms with Crippen molar-refractivity contribution in [3.05, 3.63) is 34.2 Å². The molecule has 3 heteroatoms. The van der Waals surface area contributed by atoms with Gasteiger partial charge in [-0.05, 0) is 24.5 Å². The number of hydrogen-bond donors (Lipinski definition) is 1. The molecule has 1 aromatic rings. The summed E-state index contributed by atoms with van der Waals surface area (Å²) in [5.41, 5.74) is 1.15. The highest BCUT2D eigenvalue weighted by Crippen LogP contribution is 2.32. The number of nitrogens with one attached hydrogen (secondary N) is 1. The summed E-state index contributed by atoms with van der Waals surface area (Å²) in [4.78, 5) is 13.6. The van der Waals surface area contributed by atoms with E-state index < -0.39 is 0 Å². The zero-order chi connectivity index (χ0) is 9.10. The molecule has 2 rings (SSSR count). The summed E-state index contributed by atoms with van der Waals surface area (Å²) in [6, 6.07) is 3.67. The third-order valence-corrected chi connectivity index (χ3v) is 3.82. The van der Waals surface area contributed by atoms with Gasteiger partial charge in [0.2, 0.25) is 5.56 Å². The van der Waals surface area contributed by atoms with Gasteiger partial charge in [0.15, 0.2) is 0 Å². The zero-order valence-electron chi connectivity index (χ0n) is 7.45. The Morgan fingerprint density at radius 2 is 2.38 bits per heavy atom. The first-order valence-electron chi connectivity index (χ1n) is 4.64. The van der Waals surface area contributed by atoms with Crippen molar-refractivity contribution in [1.82, 2.24) is 4.98 Å². The molecule has 1 N–H and O–H groups in total. The van der Waals surface area contributed by atoms with Crippen molar-refractivity contribution < 1.29 is 0 Å². The molecule has 0 amide bonds. The lowest BCUT2D eigenvalue weighted by molar-refractivity contribution is 0.522. The molecule has 0 radical (unpaired) electrons. The summed E-state index contributed by atoms with van der Waals surface area (Å²) >= 11 is 1.97. The summed E-state index contributed by atoms with van der Waals surface area (Å²) < 4.78 is 0. The highest BCUT2D eigenvalue weighted by molar-refractivity contribution is 7.99. The zero-order valence-corrected chi connectivity index (χ0v) is 8.27. The highest BCUT2D eigenvalue weighted by atomic mass is 32.2. The quantitative estimate of drug-likeness (QED) is 0.801. The number of rotatable bonds is 3. The fourth-order valence-corrected chi connectivity index (χ4v) is 2.60. The fourth-order valence-electron chi connectivity index (χ4n) is 1.33. The third-order valence-electron chi connectivity index (χ3n) is 2.38. The van der Waals surface area contributed by atoms with E-state index in [1.54, 1.807) is 12.3 Å². The van der Waals surface area contributed by atoms with E-state index in [2.05, 4.69) is 4.98 Å². The number of H-pyrrole nitrogens is 1. The fraction of sp³-hybridized carbons (Fsp3) is 0.500. The minimum absolute atomic E-state index is 0.00621. The Hall–Kier alpha value is -0.700. The Kier molecular flexibility index (Phi) is 2.74. The van der Waals surface area contributed by atoms with Gasteiger partial charge in [0, 0.05) is 23.3 Å². The van der Waals surface area contributed by atoms with Crippen molar-refractivity contribution in [2.45, 2.75) is 30.3 Å². The molecule has 0 saturated heterocycles. The molecule has 1 saturated carbocycles. The van der Waals surface area contributed by atoms with Crippen LogP contribution < -0.4 is 5.56 Å². The van der Waals surface area contributed by atoms with Crippen molar-refractivity contribution in [2.75, 3.05) is 0 Å². The largest absolute Gasteiger partial charge is 0.329 e. The molecule has 0 bridgehead atoms. The maximum atomic E-state index is 11.0. The summed E-state index contributed by atoms with van der Waals surface area (Å²) in [6.07, 6.45) is 5.81. The summed E-state index contributed by atoms with van der Waals surface area (Å²) in [5.74, 6) is 0.981. The standard InChI is InChI=1S/C10H13NOS/c12-10-6-8(4-5-11-10)7-13-9-2-1-3-9/h4-6,9H,1-3,7H2,(H,11,12). The molecular weight excluding hydrogens is 182 g/mol. The second-order valence-electron chi connectivity index (χ2n) is 3.43. The average molecular weight is 195 g/mol. The molecule has 0 aromatic carbocycles. The van der Waals surface area contributed by atoms with E-state index in [1.807, 2.05) is 17.8 Å². The molecule has 0 spiro atoms. The Morgan fingerprint density at radius 1 is 1.54 bits per heavy atom. The van der Waals surface area contributed by atoms with Crippen LogP contribution in [0.15, 0.2) is 23.1 Å². The third kappa shape index (κ3) is 2.37. The van der Waals surface area contributed by atoms with Gasteiger partial charge < -0.3 is 4.98 Å². The summed E-state index contributed by atoms with van der Waals surface area (Å²) in [6.45, 7) is 0. The topological polar surface area (TPSA) is 32.9 Å². The minimum atomic E-state index is 0.00621. The number of aromatic amines is 1. The first kappa shape index (κ1) is 8.88. The first-order valence-corrected chi connectivity index (χ1v) is 5.69. The molecule has 1 heterocycles. The lowest BCUT2D eigenvalue weighted by Gasteiger charge is -2.24. The Labute approximate surface area is 81.8 Å². The molecule has 2 nitrogen and oxygen atoms in total. The second kappa shape index (κ2) is 4.01. The van der Waals surface area contributed by atoms with Crippen molar-refractivity contribution in [3.8, 4) is 0 Å². The average Bonchev–Trinajstić information content (AvgIpc) is 2.01. The van der Waals surface area contributed by atoms with E-state index in [9.17, 15) is 4.79 Å². The van der Waals surface area contributed by atoms with Gasteiger partial charge >= 0.3 is 0 Å². The van der Waals surface area contributed by atoms with Crippen LogP contribution in [0.25, 0.3) is 0 Å². The summed E-state index contributed by atoms with van der Waals surface area (Å²) in [5, 5.41) is 0.847. The van der Waals surface area contributed by atoms with Gasteiger partial charge in [0.05, 0.1) is 0 Å². The van der Waals surface area contributed by atoms with Gasteiger partial charge in [-0.15, -0.1) is 0 Å². The van der Waals surface area contributed by atoms with Crippen LogP contribution in [0.1, 0.15) is 24.8 Å². The van der Waals surface area contributed by atoms with Crippen LogP contribution in [0, 0.1) is 0 Å². The molecule has 70 valence electrons. The van der Waals surface area contributed by atoms with Gasteiger partial charge in [0.25, 0.3) is 0 Å². The van der Waals surface area contributed by atoms with Crippen molar-refractivity contribution in [3.63, 3.8) is 0 Å². The van der Waals surface area contributed by atoms with Crippen LogP contribution in [0.4, 0.5) is 0 Å². The van der Waals surface area contributed by atoms with E-state index in [1.165, 1.54) is 19.3 Å². The molecule has 1 aliphatic rings. The van der Waals surface area contributed by atoms with Crippen LogP contribution in [0.2, 0.25) is 0 Å². The van der Waals surface area contributed by atoms with Crippen LogP contribution >= 0.6 is 11.8 Å². The molecule has 0 unspecified atom stereocenters. The van der Waals surface area contributed by atoms with Gasteiger partial charge in [-0.2, -0.15) is 11.8 Å².